The minimum Gasteiger partial charge on any atom is -0.494 e. The van der Waals surface area contributed by atoms with Crippen molar-refractivity contribution in [2.75, 3.05) is 7.11 Å². The van der Waals surface area contributed by atoms with Gasteiger partial charge in [0.05, 0.1) is 13.2 Å². The van der Waals surface area contributed by atoms with Crippen molar-refractivity contribution < 1.29 is 13.9 Å². The van der Waals surface area contributed by atoms with Gasteiger partial charge >= 0.3 is 0 Å². The molecule has 0 aliphatic rings. The average Bonchev–Trinajstić information content (AvgIpc) is 2.25. The maximum absolute atomic E-state index is 13.2. The van der Waals surface area contributed by atoms with E-state index in [2.05, 4.69) is 4.99 Å². The molecule has 15 heavy (non-hydrogen) atoms. The van der Waals surface area contributed by atoms with Crippen molar-refractivity contribution in [1.82, 2.24) is 0 Å². The van der Waals surface area contributed by atoms with Crippen molar-refractivity contribution >= 4 is 6.08 Å². The maximum Gasteiger partial charge on any atom is 0.236 e. The molecule has 0 heterocycles. The van der Waals surface area contributed by atoms with Crippen molar-refractivity contribution in [1.29, 1.82) is 5.26 Å². The minimum absolute atomic E-state index is 0.0746. The summed E-state index contributed by atoms with van der Waals surface area (Å²) >= 11 is 0. The summed E-state index contributed by atoms with van der Waals surface area (Å²) in [7, 11) is 1.34. The predicted octanol–water partition coefficient (Wildman–Crippen LogP) is 1.73. The third kappa shape index (κ3) is 2.39. The molecular weight excluding hydrogens is 199 g/mol. The Hall–Kier alpha value is -2.18. The number of isocyanates is 1. The summed E-state index contributed by atoms with van der Waals surface area (Å²) in [5.41, 5.74) is 0.291. The standard InChI is InChI=1S/C10H7FN2O2/c1-15-10-3-2-7(4-8(10)11)9(5-12)13-6-14/h2-4,9H,1H3. The van der Waals surface area contributed by atoms with Crippen molar-refractivity contribution in [2.24, 2.45) is 4.99 Å². The first-order valence-electron chi connectivity index (χ1n) is 4.03. The molecule has 0 aromatic heterocycles. The number of carbonyl (C=O) groups excluding carboxylic acids is 1. The van der Waals surface area contributed by atoms with Crippen LogP contribution in [0.5, 0.6) is 5.75 Å². The smallest absolute Gasteiger partial charge is 0.236 e. The maximum atomic E-state index is 13.2. The lowest BCUT2D eigenvalue weighted by atomic mass is 10.1. The molecule has 0 spiro atoms. The molecule has 4 nitrogen and oxygen atoms in total. The number of halogens is 1. The average molecular weight is 206 g/mol. The van der Waals surface area contributed by atoms with Crippen LogP contribution >= 0.6 is 0 Å². The van der Waals surface area contributed by atoms with Gasteiger partial charge in [0, 0.05) is 0 Å². The number of hydrogen-bond donors (Lipinski definition) is 0. The zero-order chi connectivity index (χ0) is 11.3. The normalized spacial score (nSPS) is 11.0. The van der Waals surface area contributed by atoms with Crippen LogP contribution in [0.4, 0.5) is 4.39 Å². The van der Waals surface area contributed by atoms with Gasteiger partial charge in [-0.1, -0.05) is 6.07 Å². The van der Waals surface area contributed by atoms with Crippen LogP contribution in [0, 0.1) is 17.1 Å². The van der Waals surface area contributed by atoms with E-state index in [9.17, 15) is 9.18 Å². The van der Waals surface area contributed by atoms with E-state index in [1.807, 2.05) is 0 Å². The highest BCUT2D eigenvalue weighted by Crippen LogP contribution is 2.23. The quantitative estimate of drug-likeness (QED) is 0.558. The molecule has 0 saturated carbocycles. The first-order valence-corrected chi connectivity index (χ1v) is 4.03. The molecule has 76 valence electrons. The third-order valence-corrected chi connectivity index (χ3v) is 1.80. The van der Waals surface area contributed by atoms with E-state index in [0.29, 0.717) is 5.56 Å². The fraction of sp³-hybridized carbons (Fsp3) is 0.200. The Balaban J connectivity index is 3.11. The second kappa shape index (κ2) is 4.89. The molecular formula is C10H7FN2O2. The lowest BCUT2D eigenvalue weighted by molar-refractivity contribution is 0.386. The number of ether oxygens (including phenoxy) is 1. The van der Waals surface area contributed by atoms with Crippen molar-refractivity contribution in [2.45, 2.75) is 6.04 Å². The van der Waals surface area contributed by atoms with E-state index in [0.717, 1.165) is 6.07 Å². The zero-order valence-corrected chi connectivity index (χ0v) is 7.90. The van der Waals surface area contributed by atoms with Gasteiger partial charge in [-0.15, -0.1) is 0 Å². The second-order valence-corrected chi connectivity index (χ2v) is 2.65. The van der Waals surface area contributed by atoms with Gasteiger partial charge in [-0.3, -0.25) is 0 Å². The van der Waals surface area contributed by atoms with Crippen LogP contribution in [0.2, 0.25) is 0 Å². The molecule has 0 fully saturated rings. The molecule has 0 amide bonds. The number of methoxy groups -OCH3 is 1. The summed E-state index contributed by atoms with van der Waals surface area (Å²) in [4.78, 5) is 13.2. The van der Waals surface area contributed by atoms with E-state index >= 15 is 0 Å². The predicted molar refractivity (Wildman–Crippen MR) is 49.4 cm³/mol. The number of rotatable bonds is 3. The molecule has 0 aliphatic carbocycles. The van der Waals surface area contributed by atoms with Crippen molar-refractivity contribution in [3.8, 4) is 11.8 Å². The lowest BCUT2D eigenvalue weighted by Gasteiger charge is -2.05. The Morgan fingerprint density at radius 1 is 1.60 bits per heavy atom. The Labute approximate surface area is 85.6 Å². The number of aliphatic imine (C=N–C) groups is 1. The molecule has 1 aromatic carbocycles. The van der Waals surface area contributed by atoms with Crippen LogP contribution < -0.4 is 4.74 Å². The second-order valence-electron chi connectivity index (χ2n) is 2.65. The Morgan fingerprint density at radius 2 is 2.33 bits per heavy atom. The van der Waals surface area contributed by atoms with Crippen LogP contribution in [0.25, 0.3) is 0 Å². The fourth-order valence-electron chi connectivity index (χ4n) is 1.08. The van der Waals surface area contributed by atoms with Crippen molar-refractivity contribution in [3.63, 3.8) is 0 Å². The lowest BCUT2D eigenvalue weighted by Crippen LogP contribution is -1.95. The largest absolute Gasteiger partial charge is 0.494 e. The van der Waals surface area contributed by atoms with Crippen LogP contribution in [-0.4, -0.2) is 13.2 Å². The molecule has 0 bridgehead atoms. The van der Waals surface area contributed by atoms with Gasteiger partial charge in [-0.2, -0.15) is 10.3 Å². The molecule has 5 heteroatoms. The molecule has 0 saturated heterocycles. The summed E-state index contributed by atoms with van der Waals surface area (Å²) in [5.74, 6) is -0.526. The summed E-state index contributed by atoms with van der Waals surface area (Å²) in [5, 5.41) is 8.65. The molecule has 1 unspecified atom stereocenters. The highest BCUT2D eigenvalue weighted by Gasteiger charge is 2.11. The summed E-state index contributed by atoms with van der Waals surface area (Å²) in [6, 6.07) is 4.67. The molecule has 0 N–H and O–H groups in total. The van der Waals surface area contributed by atoms with Gasteiger partial charge in [0.1, 0.15) is 0 Å². The molecule has 0 radical (unpaired) electrons. The molecule has 1 atom stereocenters. The summed E-state index contributed by atoms with van der Waals surface area (Å²) in [6.07, 6.45) is 1.26. The molecule has 1 rings (SSSR count). The fourth-order valence-corrected chi connectivity index (χ4v) is 1.08. The van der Waals surface area contributed by atoms with Crippen LogP contribution in [0.1, 0.15) is 11.6 Å². The van der Waals surface area contributed by atoms with E-state index in [1.165, 1.54) is 25.3 Å². The Bertz CT molecular complexity index is 447. The van der Waals surface area contributed by atoms with Crippen LogP contribution in [-0.2, 0) is 4.79 Å². The van der Waals surface area contributed by atoms with E-state index < -0.39 is 11.9 Å². The molecule has 1 aromatic rings. The summed E-state index contributed by atoms with van der Waals surface area (Å²) in [6.45, 7) is 0. The monoisotopic (exact) mass is 206 g/mol. The topological polar surface area (TPSA) is 62.4 Å². The number of hydrogen-bond acceptors (Lipinski definition) is 4. The highest BCUT2D eigenvalue weighted by atomic mass is 19.1. The van der Waals surface area contributed by atoms with Gasteiger partial charge in [0.25, 0.3) is 0 Å². The molecule has 0 aliphatic heterocycles. The number of nitrogens with zero attached hydrogens (tertiary/aromatic N) is 2. The van der Waals surface area contributed by atoms with E-state index in [4.69, 9.17) is 10.00 Å². The van der Waals surface area contributed by atoms with Crippen LogP contribution in [0.3, 0.4) is 0 Å². The Morgan fingerprint density at radius 3 is 2.80 bits per heavy atom. The Kier molecular flexibility index (Phi) is 3.55. The van der Waals surface area contributed by atoms with Crippen LogP contribution in [0.15, 0.2) is 23.2 Å². The SMILES string of the molecule is COc1ccc(C(C#N)N=C=O)cc1F. The van der Waals surface area contributed by atoms with Gasteiger partial charge in [-0.05, 0) is 17.7 Å². The number of benzene rings is 1. The van der Waals surface area contributed by atoms with Crippen molar-refractivity contribution in [3.05, 3.63) is 29.6 Å². The first-order chi connectivity index (χ1) is 7.22. The third-order valence-electron chi connectivity index (χ3n) is 1.80. The van der Waals surface area contributed by atoms with Gasteiger partial charge in [0.15, 0.2) is 17.6 Å². The van der Waals surface area contributed by atoms with E-state index in [-0.39, 0.29) is 5.75 Å². The van der Waals surface area contributed by atoms with Gasteiger partial charge in [-0.25, -0.2) is 9.18 Å². The highest BCUT2D eigenvalue weighted by molar-refractivity contribution is 5.39. The minimum atomic E-state index is -1.03. The number of nitriles is 1. The first kappa shape index (κ1) is 10.9. The van der Waals surface area contributed by atoms with Gasteiger partial charge < -0.3 is 4.74 Å². The van der Waals surface area contributed by atoms with E-state index in [1.54, 1.807) is 6.07 Å². The summed E-state index contributed by atoms with van der Waals surface area (Å²) < 4.78 is 17.9. The zero-order valence-electron chi connectivity index (χ0n) is 7.90. The van der Waals surface area contributed by atoms with Gasteiger partial charge in [0.2, 0.25) is 6.08 Å².